The molecule has 2 aliphatic carbocycles. The Morgan fingerprint density at radius 3 is 2.26 bits per heavy atom. The van der Waals surface area contributed by atoms with Gasteiger partial charge in [0.2, 0.25) is 0 Å². The SMILES string of the molecule is Cl.NC1CCC(NS(=O)(=O)N2CC3CCC2C3)CC1. The maximum atomic E-state index is 12.4. The van der Waals surface area contributed by atoms with Crippen LogP contribution in [-0.2, 0) is 10.2 Å². The number of nitrogens with two attached hydrogens (primary N) is 1. The molecule has 2 atom stereocenters. The summed E-state index contributed by atoms with van der Waals surface area (Å²) in [5.41, 5.74) is 5.84. The van der Waals surface area contributed by atoms with Crippen LogP contribution in [-0.4, -0.2) is 37.4 Å². The Kier molecular flexibility index (Phi) is 4.78. The molecule has 3 rings (SSSR count). The topological polar surface area (TPSA) is 75.4 Å². The normalized spacial score (nSPS) is 39.2. The summed E-state index contributed by atoms with van der Waals surface area (Å²) in [5.74, 6) is 0.603. The van der Waals surface area contributed by atoms with Crippen LogP contribution < -0.4 is 10.5 Å². The first-order chi connectivity index (χ1) is 8.54. The van der Waals surface area contributed by atoms with Gasteiger partial charge in [-0.3, -0.25) is 0 Å². The molecule has 2 unspecified atom stereocenters. The van der Waals surface area contributed by atoms with Gasteiger partial charge in [-0.05, 0) is 50.9 Å². The summed E-state index contributed by atoms with van der Waals surface area (Å²) in [5, 5.41) is 0. The molecule has 2 saturated carbocycles. The van der Waals surface area contributed by atoms with E-state index in [-0.39, 0.29) is 30.5 Å². The highest BCUT2D eigenvalue weighted by Crippen LogP contribution is 2.38. The number of piperidine rings is 1. The number of hydrogen-bond donors (Lipinski definition) is 2. The second-order valence-electron chi connectivity index (χ2n) is 6.14. The molecule has 2 bridgehead atoms. The van der Waals surface area contributed by atoms with Crippen molar-refractivity contribution in [2.45, 2.75) is 63.1 Å². The minimum Gasteiger partial charge on any atom is -0.328 e. The molecule has 1 aliphatic heterocycles. The third kappa shape index (κ3) is 3.24. The average molecular weight is 310 g/mol. The third-order valence-corrected chi connectivity index (χ3v) is 6.45. The molecular weight excluding hydrogens is 286 g/mol. The van der Waals surface area contributed by atoms with Crippen LogP contribution in [0.15, 0.2) is 0 Å². The fourth-order valence-corrected chi connectivity index (χ4v) is 5.47. The summed E-state index contributed by atoms with van der Waals surface area (Å²) < 4.78 is 29.3. The molecule has 19 heavy (non-hydrogen) atoms. The monoisotopic (exact) mass is 309 g/mol. The summed E-state index contributed by atoms with van der Waals surface area (Å²) in [6.07, 6.45) is 6.93. The molecule has 0 aromatic heterocycles. The number of rotatable bonds is 3. The first-order valence-electron chi connectivity index (χ1n) is 7.09. The maximum Gasteiger partial charge on any atom is 0.279 e. The smallest absolute Gasteiger partial charge is 0.279 e. The van der Waals surface area contributed by atoms with Crippen molar-refractivity contribution in [3.8, 4) is 0 Å². The van der Waals surface area contributed by atoms with Gasteiger partial charge in [-0.1, -0.05) is 0 Å². The highest BCUT2D eigenvalue weighted by molar-refractivity contribution is 7.87. The van der Waals surface area contributed by atoms with E-state index in [9.17, 15) is 8.42 Å². The zero-order valence-electron chi connectivity index (χ0n) is 11.1. The number of hydrogen-bond acceptors (Lipinski definition) is 3. The summed E-state index contributed by atoms with van der Waals surface area (Å²) in [6, 6.07) is 0.612. The van der Waals surface area contributed by atoms with Crippen molar-refractivity contribution in [3.63, 3.8) is 0 Å². The highest BCUT2D eigenvalue weighted by atomic mass is 35.5. The van der Waals surface area contributed by atoms with Crippen molar-refractivity contribution in [2.75, 3.05) is 6.54 Å². The molecule has 0 aromatic carbocycles. The number of nitrogens with zero attached hydrogens (tertiary/aromatic N) is 1. The molecule has 3 N–H and O–H groups in total. The minimum absolute atomic E-state index is 0. The van der Waals surface area contributed by atoms with Gasteiger partial charge in [0, 0.05) is 24.7 Å². The number of fused-ring (bicyclic) bond motifs is 2. The largest absolute Gasteiger partial charge is 0.328 e. The van der Waals surface area contributed by atoms with E-state index in [4.69, 9.17) is 5.73 Å². The Balaban J connectivity index is 0.00000133. The Morgan fingerprint density at radius 1 is 1.05 bits per heavy atom. The molecule has 0 aromatic rings. The van der Waals surface area contributed by atoms with Crippen LogP contribution in [0.3, 0.4) is 0 Å². The van der Waals surface area contributed by atoms with E-state index >= 15 is 0 Å². The van der Waals surface area contributed by atoms with Crippen LogP contribution in [0.25, 0.3) is 0 Å². The zero-order valence-corrected chi connectivity index (χ0v) is 12.8. The van der Waals surface area contributed by atoms with Crippen molar-refractivity contribution < 1.29 is 8.42 Å². The second-order valence-corrected chi connectivity index (χ2v) is 7.79. The van der Waals surface area contributed by atoms with Crippen LogP contribution in [0, 0.1) is 5.92 Å². The lowest BCUT2D eigenvalue weighted by molar-refractivity contribution is 0.314. The average Bonchev–Trinajstić information content (AvgIpc) is 2.94. The summed E-state index contributed by atoms with van der Waals surface area (Å²) in [6.45, 7) is 0.728. The predicted molar refractivity (Wildman–Crippen MR) is 77.4 cm³/mol. The Hall–Kier alpha value is 0.120. The highest BCUT2D eigenvalue weighted by Gasteiger charge is 2.44. The lowest BCUT2D eigenvalue weighted by Crippen LogP contribution is -2.49. The van der Waals surface area contributed by atoms with Crippen molar-refractivity contribution in [2.24, 2.45) is 11.7 Å². The molecule has 1 saturated heterocycles. The van der Waals surface area contributed by atoms with Gasteiger partial charge < -0.3 is 5.73 Å². The van der Waals surface area contributed by atoms with Gasteiger partial charge in [-0.2, -0.15) is 17.4 Å². The second kappa shape index (κ2) is 5.85. The fraction of sp³-hybridized carbons (Fsp3) is 1.00. The molecule has 7 heteroatoms. The van der Waals surface area contributed by atoms with E-state index < -0.39 is 10.2 Å². The maximum absolute atomic E-state index is 12.4. The summed E-state index contributed by atoms with van der Waals surface area (Å²) in [4.78, 5) is 0. The molecule has 0 radical (unpaired) electrons. The van der Waals surface area contributed by atoms with Crippen LogP contribution in [0.5, 0.6) is 0 Å². The van der Waals surface area contributed by atoms with Gasteiger partial charge in [-0.25, -0.2) is 0 Å². The molecule has 0 spiro atoms. The van der Waals surface area contributed by atoms with Crippen molar-refractivity contribution in [3.05, 3.63) is 0 Å². The molecule has 1 heterocycles. The van der Waals surface area contributed by atoms with Gasteiger partial charge in [0.25, 0.3) is 10.2 Å². The van der Waals surface area contributed by atoms with Gasteiger partial charge in [0.05, 0.1) is 0 Å². The Labute approximate surface area is 121 Å². The van der Waals surface area contributed by atoms with Gasteiger partial charge >= 0.3 is 0 Å². The molecule has 3 fully saturated rings. The quantitative estimate of drug-likeness (QED) is 0.816. The Bertz CT molecular complexity index is 409. The van der Waals surface area contributed by atoms with Crippen LogP contribution in [0.1, 0.15) is 44.9 Å². The van der Waals surface area contributed by atoms with Gasteiger partial charge in [0.15, 0.2) is 0 Å². The molecule has 0 amide bonds. The number of halogens is 1. The van der Waals surface area contributed by atoms with E-state index in [0.717, 1.165) is 45.1 Å². The van der Waals surface area contributed by atoms with Crippen LogP contribution in [0.2, 0.25) is 0 Å². The van der Waals surface area contributed by atoms with Crippen molar-refractivity contribution >= 4 is 22.6 Å². The molecule has 3 aliphatic rings. The van der Waals surface area contributed by atoms with E-state index in [2.05, 4.69) is 4.72 Å². The van der Waals surface area contributed by atoms with Crippen LogP contribution in [0.4, 0.5) is 0 Å². The van der Waals surface area contributed by atoms with E-state index in [1.54, 1.807) is 4.31 Å². The number of nitrogens with one attached hydrogen (secondary N) is 1. The zero-order chi connectivity index (χ0) is 12.8. The van der Waals surface area contributed by atoms with E-state index in [0.29, 0.717) is 5.92 Å². The summed E-state index contributed by atoms with van der Waals surface area (Å²) in [7, 11) is -3.27. The van der Waals surface area contributed by atoms with E-state index in [1.165, 1.54) is 6.42 Å². The van der Waals surface area contributed by atoms with Crippen LogP contribution >= 0.6 is 12.4 Å². The van der Waals surface area contributed by atoms with Gasteiger partial charge in [0.1, 0.15) is 0 Å². The minimum atomic E-state index is -3.27. The summed E-state index contributed by atoms with van der Waals surface area (Å²) >= 11 is 0. The Morgan fingerprint density at radius 2 is 1.74 bits per heavy atom. The molecular formula is C12H24ClN3O2S. The third-order valence-electron chi connectivity index (χ3n) is 4.76. The standard InChI is InChI=1S/C12H23N3O2S.ClH/c13-10-2-4-11(5-3-10)14-18(16,17)15-8-9-1-6-12(15)7-9;/h9-12,14H,1-8,13H2;1H. The molecule has 5 nitrogen and oxygen atoms in total. The van der Waals surface area contributed by atoms with Crippen molar-refractivity contribution in [1.29, 1.82) is 0 Å². The fourth-order valence-electron chi connectivity index (χ4n) is 3.69. The first-order valence-corrected chi connectivity index (χ1v) is 8.53. The van der Waals surface area contributed by atoms with Gasteiger partial charge in [-0.15, -0.1) is 12.4 Å². The lowest BCUT2D eigenvalue weighted by atomic mass is 9.93. The van der Waals surface area contributed by atoms with E-state index in [1.807, 2.05) is 0 Å². The lowest BCUT2D eigenvalue weighted by Gasteiger charge is -2.31. The molecule has 112 valence electrons. The first kappa shape index (κ1) is 15.5. The predicted octanol–water partition coefficient (Wildman–Crippen LogP) is 0.997. The van der Waals surface area contributed by atoms with Crippen molar-refractivity contribution in [1.82, 2.24) is 9.03 Å².